The van der Waals surface area contributed by atoms with Crippen LogP contribution in [0.15, 0.2) is 71.6 Å². The number of ether oxygens (including phenoxy) is 2. The van der Waals surface area contributed by atoms with E-state index >= 15 is 0 Å². The molecule has 0 saturated carbocycles. The van der Waals surface area contributed by atoms with Crippen LogP contribution in [-0.4, -0.2) is 34.1 Å². The van der Waals surface area contributed by atoms with Gasteiger partial charge in [-0.15, -0.1) is 0 Å². The van der Waals surface area contributed by atoms with Crippen LogP contribution in [0.2, 0.25) is 0 Å². The van der Waals surface area contributed by atoms with Crippen LogP contribution in [0.4, 0.5) is 32.0 Å². The summed E-state index contributed by atoms with van der Waals surface area (Å²) in [7, 11) is -3.40. The number of carbonyl (C=O) groups excluding carboxylic acids is 1. The number of rotatable bonds is 7. The van der Waals surface area contributed by atoms with E-state index in [2.05, 4.69) is 4.74 Å². The quantitative estimate of drug-likeness (QED) is 0.160. The lowest BCUT2D eigenvalue weighted by molar-refractivity contribution is -0.141. The standard InChI is InChI=1S/C29H25F6NO5S/c1-18(23-8-3-4-9-24(23)29(33,34)35)14-19-10-12-26-25(15-19)36(17-21(41-26)11-13-27(37)40-2)42(38,39)22-7-5-6-20(16-22)28(30,31)32/h3-10,12,14-16,21H,11,13,17H2,1-2H3/b18-14+/t21-/m0/s1. The molecule has 0 aliphatic carbocycles. The lowest BCUT2D eigenvalue weighted by atomic mass is 9.98. The molecule has 3 aromatic carbocycles. The topological polar surface area (TPSA) is 72.9 Å². The monoisotopic (exact) mass is 613 g/mol. The summed E-state index contributed by atoms with van der Waals surface area (Å²) in [6, 6.07) is 12.6. The van der Waals surface area contributed by atoms with Crippen molar-refractivity contribution in [2.75, 3.05) is 18.0 Å². The molecule has 0 aromatic heterocycles. The fraction of sp³-hybridized carbons (Fsp3) is 0.276. The van der Waals surface area contributed by atoms with Crippen molar-refractivity contribution >= 4 is 33.3 Å². The maximum atomic E-state index is 13.7. The molecule has 1 aliphatic rings. The highest BCUT2D eigenvalue weighted by atomic mass is 32.2. The summed E-state index contributed by atoms with van der Waals surface area (Å²) >= 11 is 0. The molecule has 1 atom stereocenters. The van der Waals surface area contributed by atoms with Gasteiger partial charge in [0.25, 0.3) is 10.0 Å². The van der Waals surface area contributed by atoms with E-state index in [0.717, 1.165) is 28.6 Å². The fourth-order valence-corrected chi connectivity index (χ4v) is 6.08. The van der Waals surface area contributed by atoms with Crippen LogP contribution in [0.25, 0.3) is 11.6 Å². The summed E-state index contributed by atoms with van der Waals surface area (Å²) in [6.45, 7) is 1.13. The van der Waals surface area contributed by atoms with Crippen LogP contribution < -0.4 is 9.04 Å². The molecular formula is C29H25F6NO5S. The van der Waals surface area contributed by atoms with Gasteiger partial charge in [0.05, 0.1) is 35.4 Å². The van der Waals surface area contributed by atoms with Crippen molar-refractivity contribution < 1.29 is 49.0 Å². The molecule has 1 aliphatic heterocycles. The number of anilines is 1. The molecule has 42 heavy (non-hydrogen) atoms. The first-order chi connectivity index (χ1) is 19.6. The molecule has 1 heterocycles. The van der Waals surface area contributed by atoms with E-state index in [1.54, 1.807) is 0 Å². The number of halogens is 6. The van der Waals surface area contributed by atoms with Gasteiger partial charge in [0, 0.05) is 6.42 Å². The lowest BCUT2D eigenvalue weighted by Crippen LogP contribution is -2.43. The number of allylic oxidation sites excluding steroid dienone is 1. The molecule has 0 unspecified atom stereocenters. The van der Waals surface area contributed by atoms with Crippen LogP contribution in [0.1, 0.15) is 42.0 Å². The minimum atomic E-state index is -4.79. The maximum absolute atomic E-state index is 13.7. The average molecular weight is 614 g/mol. The Hall–Kier alpha value is -4.00. The van der Waals surface area contributed by atoms with Gasteiger partial charge < -0.3 is 9.47 Å². The normalized spacial score (nSPS) is 16.0. The zero-order chi connectivity index (χ0) is 30.9. The van der Waals surface area contributed by atoms with Crippen molar-refractivity contribution in [3.63, 3.8) is 0 Å². The number of hydrogen-bond acceptors (Lipinski definition) is 5. The Labute approximate surface area is 238 Å². The van der Waals surface area contributed by atoms with E-state index in [1.807, 2.05) is 0 Å². The molecule has 0 saturated heterocycles. The van der Waals surface area contributed by atoms with Crippen molar-refractivity contribution in [2.45, 2.75) is 43.1 Å². The first-order valence-corrected chi connectivity index (χ1v) is 14.0. The summed E-state index contributed by atoms with van der Waals surface area (Å²) in [5.74, 6) is -0.496. The molecule has 0 amide bonds. The second-order valence-corrected chi connectivity index (χ2v) is 11.4. The number of methoxy groups -OCH3 is 1. The predicted molar refractivity (Wildman–Crippen MR) is 143 cm³/mol. The van der Waals surface area contributed by atoms with E-state index < -0.39 is 50.5 Å². The number of fused-ring (bicyclic) bond motifs is 1. The first-order valence-electron chi connectivity index (χ1n) is 12.5. The Balaban J connectivity index is 1.79. The largest absolute Gasteiger partial charge is 0.486 e. The number of esters is 1. The lowest BCUT2D eigenvalue weighted by Gasteiger charge is -2.35. The third-order valence-corrected chi connectivity index (χ3v) is 8.38. The van der Waals surface area contributed by atoms with E-state index in [4.69, 9.17) is 4.74 Å². The summed E-state index contributed by atoms with van der Waals surface area (Å²) < 4.78 is 120. The average Bonchev–Trinajstić information content (AvgIpc) is 2.94. The zero-order valence-corrected chi connectivity index (χ0v) is 23.1. The second kappa shape index (κ2) is 11.7. The van der Waals surface area contributed by atoms with Gasteiger partial charge in [-0.05, 0) is 66.4 Å². The van der Waals surface area contributed by atoms with Crippen molar-refractivity contribution in [1.29, 1.82) is 0 Å². The Morgan fingerprint density at radius 3 is 2.38 bits per heavy atom. The number of hydrogen-bond donors (Lipinski definition) is 0. The maximum Gasteiger partial charge on any atom is 0.416 e. The molecule has 0 N–H and O–H groups in total. The van der Waals surface area contributed by atoms with Gasteiger partial charge in [-0.1, -0.05) is 36.4 Å². The molecule has 4 rings (SSSR count). The van der Waals surface area contributed by atoms with E-state index in [-0.39, 0.29) is 42.0 Å². The number of sulfonamides is 1. The van der Waals surface area contributed by atoms with E-state index in [0.29, 0.717) is 11.6 Å². The number of nitrogens with zero attached hydrogens (tertiary/aromatic N) is 1. The molecule has 3 aromatic rings. The van der Waals surface area contributed by atoms with E-state index in [9.17, 15) is 39.6 Å². The summed E-state index contributed by atoms with van der Waals surface area (Å²) in [5, 5.41) is 0. The first kappa shape index (κ1) is 30.9. The smallest absolute Gasteiger partial charge is 0.416 e. The predicted octanol–water partition coefficient (Wildman–Crippen LogP) is 7.19. The van der Waals surface area contributed by atoms with Crippen molar-refractivity contribution in [3.8, 4) is 5.75 Å². The van der Waals surface area contributed by atoms with Gasteiger partial charge in [-0.2, -0.15) is 26.3 Å². The Bertz CT molecular complexity index is 1620. The van der Waals surface area contributed by atoms with Crippen molar-refractivity contribution in [3.05, 3.63) is 89.0 Å². The number of benzene rings is 3. The second-order valence-electron chi connectivity index (χ2n) is 9.51. The molecular weight excluding hydrogens is 588 g/mol. The Kier molecular flexibility index (Phi) is 8.63. The van der Waals surface area contributed by atoms with Gasteiger partial charge in [0.2, 0.25) is 0 Å². The molecule has 0 bridgehead atoms. The highest BCUT2D eigenvalue weighted by Crippen LogP contribution is 2.41. The van der Waals surface area contributed by atoms with Gasteiger partial charge in [-0.3, -0.25) is 9.10 Å². The van der Waals surface area contributed by atoms with Crippen LogP contribution in [-0.2, 0) is 31.9 Å². The highest BCUT2D eigenvalue weighted by Gasteiger charge is 2.37. The van der Waals surface area contributed by atoms with Crippen LogP contribution >= 0.6 is 0 Å². The Morgan fingerprint density at radius 1 is 1.00 bits per heavy atom. The molecule has 13 heteroatoms. The molecule has 0 spiro atoms. The SMILES string of the molecule is COC(=O)CC[C@H]1CN(S(=O)(=O)c2cccc(C(F)(F)F)c2)c2cc(/C=C(\C)c3ccccc3C(F)(F)F)ccc2O1. The van der Waals surface area contributed by atoms with E-state index in [1.165, 1.54) is 56.5 Å². The number of carbonyl (C=O) groups is 1. The zero-order valence-electron chi connectivity index (χ0n) is 22.3. The molecule has 224 valence electrons. The minimum Gasteiger partial charge on any atom is -0.486 e. The van der Waals surface area contributed by atoms with Crippen molar-refractivity contribution in [2.24, 2.45) is 0 Å². The van der Waals surface area contributed by atoms with Gasteiger partial charge in [0.1, 0.15) is 11.9 Å². The van der Waals surface area contributed by atoms with Gasteiger partial charge in [0.15, 0.2) is 0 Å². The van der Waals surface area contributed by atoms with Crippen LogP contribution in [0.3, 0.4) is 0 Å². The minimum absolute atomic E-state index is 0.0209. The van der Waals surface area contributed by atoms with Crippen molar-refractivity contribution in [1.82, 2.24) is 0 Å². The molecule has 6 nitrogen and oxygen atoms in total. The fourth-order valence-electron chi connectivity index (χ4n) is 4.54. The van der Waals surface area contributed by atoms with Crippen LogP contribution in [0.5, 0.6) is 5.75 Å². The van der Waals surface area contributed by atoms with Gasteiger partial charge >= 0.3 is 18.3 Å². The Morgan fingerprint density at radius 2 is 1.71 bits per heavy atom. The number of alkyl halides is 6. The van der Waals surface area contributed by atoms with Gasteiger partial charge in [-0.25, -0.2) is 8.42 Å². The third kappa shape index (κ3) is 6.72. The highest BCUT2D eigenvalue weighted by molar-refractivity contribution is 7.92. The summed E-state index contributed by atoms with van der Waals surface area (Å²) in [4.78, 5) is 11.1. The summed E-state index contributed by atoms with van der Waals surface area (Å²) in [6.07, 6.45) is -8.87. The summed E-state index contributed by atoms with van der Waals surface area (Å²) in [5.41, 5.74) is -1.54. The van der Waals surface area contributed by atoms with Crippen LogP contribution in [0, 0.1) is 0 Å². The molecule has 0 radical (unpaired) electrons. The third-order valence-electron chi connectivity index (χ3n) is 6.60. The molecule has 0 fully saturated rings.